The zero-order chi connectivity index (χ0) is 16.5. The largest absolute Gasteiger partial charge is 0.392 e. The second kappa shape index (κ2) is 6.72. The Morgan fingerprint density at radius 2 is 2.18 bits per heavy atom. The number of hydrogen-bond acceptors (Lipinski definition) is 2. The maximum Gasteiger partial charge on any atom is 0.0861 e. The van der Waals surface area contributed by atoms with Crippen molar-refractivity contribution >= 4 is 0 Å². The van der Waals surface area contributed by atoms with Gasteiger partial charge in [0, 0.05) is 11.8 Å². The van der Waals surface area contributed by atoms with Gasteiger partial charge in [-0.25, -0.2) is 0 Å². The van der Waals surface area contributed by atoms with Gasteiger partial charge in [0.2, 0.25) is 0 Å². The van der Waals surface area contributed by atoms with Crippen LogP contribution in [0.15, 0.2) is 36.0 Å². The van der Waals surface area contributed by atoms with E-state index in [2.05, 4.69) is 33.4 Å². The molecule has 0 aromatic carbocycles. The Morgan fingerprint density at radius 1 is 1.50 bits per heavy atom. The van der Waals surface area contributed by atoms with Crippen LogP contribution in [0.3, 0.4) is 0 Å². The minimum Gasteiger partial charge on any atom is -0.392 e. The van der Waals surface area contributed by atoms with Crippen molar-refractivity contribution in [1.82, 2.24) is 0 Å². The van der Waals surface area contributed by atoms with Crippen LogP contribution in [0.1, 0.15) is 53.4 Å². The van der Waals surface area contributed by atoms with E-state index in [1.54, 1.807) is 0 Å². The predicted molar refractivity (Wildman–Crippen MR) is 92.4 cm³/mol. The summed E-state index contributed by atoms with van der Waals surface area (Å²) in [5, 5.41) is 21.6. The second-order valence-electron chi connectivity index (χ2n) is 7.82. The Balaban J connectivity index is 2.13. The molecule has 0 spiro atoms. The Hall–Kier alpha value is -0.860. The number of aliphatic hydroxyl groups is 2. The van der Waals surface area contributed by atoms with Crippen LogP contribution in [0.25, 0.3) is 0 Å². The standard InChI is InChI=1S/C20H32O2/c1-13(2)7-6-8-14(3)17-10-9-15(4)16-11-12-20(5,22)18(16)19(17)21/h7,11-12,14,16-19,21-22H,4,6,8-10H2,1-3,5H3/t14-,16?,17+,18-,19+,20-/m1/s1. The molecule has 1 saturated carbocycles. The first-order valence-electron chi connectivity index (χ1n) is 8.65. The molecule has 0 saturated heterocycles. The second-order valence-corrected chi connectivity index (χ2v) is 7.82. The maximum atomic E-state index is 11.0. The Labute approximate surface area is 135 Å². The van der Waals surface area contributed by atoms with Gasteiger partial charge in [-0.2, -0.15) is 0 Å². The molecule has 1 fully saturated rings. The van der Waals surface area contributed by atoms with Crippen molar-refractivity contribution in [1.29, 1.82) is 0 Å². The van der Waals surface area contributed by atoms with E-state index in [0.717, 1.165) is 31.3 Å². The van der Waals surface area contributed by atoms with Crippen molar-refractivity contribution < 1.29 is 10.2 Å². The molecule has 2 nitrogen and oxygen atoms in total. The van der Waals surface area contributed by atoms with E-state index in [-0.39, 0.29) is 17.8 Å². The van der Waals surface area contributed by atoms with Crippen molar-refractivity contribution in [2.45, 2.75) is 65.1 Å². The van der Waals surface area contributed by atoms with Crippen molar-refractivity contribution in [3.05, 3.63) is 36.0 Å². The van der Waals surface area contributed by atoms with E-state index in [9.17, 15) is 10.2 Å². The molecule has 0 bridgehead atoms. The van der Waals surface area contributed by atoms with Crippen LogP contribution >= 0.6 is 0 Å². The van der Waals surface area contributed by atoms with Crippen LogP contribution in [0.2, 0.25) is 0 Å². The topological polar surface area (TPSA) is 40.5 Å². The summed E-state index contributed by atoms with van der Waals surface area (Å²) in [6, 6.07) is 0. The molecule has 0 radical (unpaired) electrons. The van der Waals surface area contributed by atoms with Crippen LogP contribution in [-0.2, 0) is 0 Å². The molecule has 0 aliphatic heterocycles. The third kappa shape index (κ3) is 3.55. The lowest BCUT2D eigenvalue weighted by Gasteiger charge is -2.37. The summed E-state index contributed by atoms with van der Waals surface area (Å²) in [7, 11) is 0. The number of allylic oxidation sites excluding steroid dienone is 4. The van der Waals surface area contributed by atoms with Crippen molar-refractivity contribution in [2.24, 2.45) is 23.7 Å². The molecule has 2 aliphatic carbocycles. The number of aliphatic hydroxyl groups excluding tert-OH is 1. The van der Waals surface area contributed by atoms with E-state index < -0.39 is 11.7 Å². The van der Waals surface area contributed by atoms with E-state index in [0.29, 0.717) is 5.92 Å². The van der Waals surface area contributed by atoms with Gasteiger partial charge in [0.15, 0.2) is 0 Å². The quantitative estimate of drug-likeness (QED) is 0.762. The zero-order valence-electron chi connectivity index (χ0n) is 14.5. The summed E-state index contributed by atoms with van der Waals surface area (Å²) in [6.45, 7) is 12.5. The van der Waals surface area contributed by atoms with Crippen molar-refractivity contribution in [2.75, 3.05) is 0 Å². The number of rotatable bonds is 4. The summed E-state index contributed by atoms with van der Waals surface area (Å²) in [5.41, 5.74) is 1.59. The molecule has 0 heterocycles. The maximum absolute atomic E-state index is 11.0. The normalized spacial score (nSPS) is 39.3. The first-order valence-corrected chi connectivity index (χ1v) is 8.65. The molecule has 1 unspecified atom stereocenters. The highest BCUT2D eigenvalue weighted by atomic mass is 16.3. The first kappa shape index (κ1) is 17.5. The summed E-state index contributed by atoms with van der Waals surface area (Å²) in [4.78, 5) is 0. The van der Waals surface area contributed by atoms with Gasteiger partial charge in [-0.15, -0.1) is 0 Å². The Kier molecular flexibility index (Phi) is 5.34. The van der Waals surface area contributed by atoms with Gasteiger partial charge in [0.25, 0.3) is 0 Å². The molecule has 2 rings (SSSR count). The summed E-state index contributed by atoms with van der Waals surface area (Å²) >= 11 is 0. The molecule has 6 atom stereocenters. The molecular formula is C20H32O2. The number of fused-ring (bicyclic) bond motifs is 1. The third-order valence-corrected chi connectivity index (χ3v) is 5.69. The fourth-order valence-electron chi connectivity index (χ4n) is 4.27. The molecule has 0 aromatic rings. The van der Waals surface area contributed by atoms with Crippen LogP contribution in [0.5, 0.6) is 0 Å². The lowest BCUT2D eigenvalue weighted by atomic mass is 9.73. The molecular weight excluding hydrogens is 272 g/mol. The predicted octanol–water partition coefficient (Wildman–Crippen LogP) is 4.25. The molecule has 124 valence electrons. The van der Waals surface area contributed by atoms with E-state index in [1.165, 1.54) is 5.57 Å². The molecule has 22 heavy (non-hydrogen) atoms. The third-order valence-electron chi connectivity index (χ3n) is 5.69. The van der Waals surface area contributed by atoms with E-state index >= 15 is 0 Å². The summed E-state index contributed by atoms with van der Waals surface area (Å²) < 4.78 is 0. The van der Waals surface area contributed by atoms with Gasteiger partial charge in [-0.1, -0.05) is 42.9 Å². The van der Waals surface area contributed by atoms with Crippen LogP contribution in [0.4, 0.5) is 0 Å². The van der Waals surface area contributed by atoms with E-state index in [1.807, 2.05) is 19.1 Å². The van der Waals surface area contributed by atoms with Gasteiger partial charge >= 0.3 is 0 Å². The molecule has 0 amide bonds. The fraction of sp³-hybridized carbons (Fsp3) is 0.700. The van der Waals surface area contributed by atoms with Gasteiger partial charge in [0.05, 0.1) is 11.7 Å². The van der Waals surface area contributed by atoms with Gasteiger partial charge < -0.3 is 10.2 Å². The highest BCUT2D eigenvalue weighted by Crippen LogP contribution is 2.48. The molecule has 2 heteroatoms. The SMILES string of the molecule is C=C1CC[C@@H]([C@H](C)CCC=C(C)C)[C@H](O)[C@H]2C1C=C[C@@]2(C)O. The Morgan fingerprint density at radius 3 is 2.82 bits per heavy atom. The lowest BCUT2D eigenvalue weighted by molar-refractivity contribution is -0.0605. The first-order chi connectivity index (χ1) is 10.2. The highest BCUT2D eigenvalue weighted by molar-refractivity contribution is 5.27. The molecule has 0 aromatic heterocycles. The van der Waals surface area contributed by atoms with E-state index in [4.69, 9.17) is 0 Å². The van der Waals surface area contributed by atoms with Crippen LogP contribution < -0.4 is 0 Å². The summed E-state index contributed by atoms with van der Waals surface area (Å²) in [5.74, 6) is 0.677. The minimum atomic E-state index is -0.921. The smallest absolute Gasteiger partial charge is 0.0861 e. The highest BCUT2D eigenvalue weighted by Gasteiger charge is 2.49. The van der Waals surface area contributed by atoms with Gasteiger partial charge in [-0.05, 0) is 58.3 Å². The zero-order valence-corrected chi connectivity index (χ0v) is 14.5. The minimum absolute atomic E-state index is 0.125. The Bertz CT molecular complexity index is 468. The fourth-order valence-corrected chi connectivity index (χ4v) is 4.27. The van der Waals surface area contributed by atoms with Gasteiger partial charge in [0.1, 0.15) is 0 Å². The van der Waals surface area contributed by atoms with Crippen LogP contribution in [-0.4, -0.2) is 21.9 Å². The van der Waals surface area contributed by atoms with Gasteiger partial charge in [-0.3, -0.25) is 0 Å². The van der Waals surface area contributed by atoms with Crippen molar-refractivity contribution in [3.63, 3.8) is 0 Å². The lowest BCUT2D eigenvalue weighted by Crippen LogP contribution is -2.44. The number of hydrogen-bond donors (Lipinski definition) is 2. The molecule has 2 aliphatic rings. The van der Waals surface area contributed by atoms with Crippen LogP contribution in [0, 0.1) is 23.7 Å². The molecule has 2 N–H and O–H groups in total. The average Bonchev–Trinajstić information content (AvgIpc) is 2.66. The summed E-state index contributed by atoms with van der Waals surface area (Å²) in [6.07, 6.45) is 9.80. The monoisotopic (exact) mass is 304 g/mol. The van der Waals surface area contributed by atoms with Crippen molar-refractivity contribution in [3.8, 4) is 0 Å². The average molecular weight is 304 g/mol.